The molecule has 0 saturated carbocycles. The summed E-state index contributed by atoms with van der Waals surface area (Å²) in [6, 6.07) is 6.69. The number of β-lactam (4-membered cyclic amide) rings is 1. The van der Waals surface area contributed by atoms with Crippen LogP contribution in [0.5, 0.6) is 0 Å². The Bertz CT molecular complexity index is 1140. The second-order valence-corrected chi connectivity index (χ2v) is 8.21. The molecular formula is C22H20F4N4O. The Hall–Kier alpha value is -3.10. The Kier molecular flexibility index (Phi) is 4.46. The number of alkyl halides is 2. The first-order valence-electron chi connectivity index (χ1n) is 10.1. The zero-order valence-electron chi connectivity index (χ0n) is 16.7. The first kappa shape index (κ1) is 19.8. The van der Waals surface area contributed by atoms with Crippen LogP contribution in [0.25, 0.3) is 11.0 Å². The van der Waals surface area contributed by atoms with E-state index in [1.807, 2.05) is 0 Å². The van der Waals surface area contributed by atoms with E-state index in [1.165, 1.54) is 23.4 Å². The number of fused-ring (bicyclic) bond motifs is 1. The van der Waals surface area contributed by atoms with Gasteiger partial charge in [-0.2, -0.15) is 0 Å². The van der Waals surface area contributed by atoms with Gasteiger partial charge >= 0.3 is 0 Å². The summed E-state index contributed by atoms with van der Waals surface area (Å²) in [7, 11) is 0. The lowest BCUT2D eigenvalue weighted by Gasteiger charge is -2.46. The third-order valence-electron chi connectivity index (χ3n) is 6.28. The van der Waals surface area contributed by atoms with E-state index < -0.39 is 29.5 Å². The second kappa shape index (κ2) is 6.96. The minimum absolute atomic E-state index is 0.0276. The number of H-pyrrole nitrogens is 1. The smallest absolute Gasteiger partial charge is 0.251 e. The van der Waals surface area contributed by atoms with Crippen LogP contribution >= 0.6 is 0 Å². The lowest BCUT2D eigenvalue weighted by molar-refractivity contribution is -0.129. The Morgan fingerprint density at radius 3 is 2.42 bits per heavy atom. The Balaban J connectivity index is 1.47. The number of anilines is 2. The van der Waals surface area contributed by atoms with Crippen LogP contribution in [0, 0.1) is 17.6 Å². The number of hydrogen-bond donors (Lipinski definition) is 1. The number of carbonyl (C=O) groups excluding carboxylic acids is 1. The third kappa shape index (κ3) is 3.23. The number of benzene rings is 2. The molecule has 2 aliphatic heterocycles. The first-order valence-corrected chi connectivity index (χ1v) is 10.1. The normalized spacial score (nSPS) is 23.3. The fraction of sp³-hybridized carbons (Fsp3) is 0.364. The molecule has 5 rings (SSSR count). The molecule has 0 spiro atoms. The van der Waals surface area contributed by atoms with Gasteiger partial charge in [-0.1, -0.05) is 6.92 Å². The number of hydrogen-bond acceptors (Lipinski definition) is 3. The van der Waals surface area contributed by atoms with Crippen LogP contribution < -0.4 is 9.80 Å². The van der Waals surface area contributed by atoms with Crippen molar-refractivity contribution < 1.29 is 22.4 Å². The summed E-state index contributed by atoms with van der Waals surface area (Å²) < 4.78 is 57.1. The van der Waals surface area contributed by atoms with E-state index in [-0.39, 0.29) is 43.1 Å². The Labute approximate surface area is 175 Å². The molecule has 2 atom stereocenters. The van der Waals surface area contributed by atoms with Gasteiger partial charge in [-0.05, 0) is 30.3 Å². The van der Waals surface area contributed by atoms with Crippen LogP contribution in [0.15, 0.2) is 36.7 Å². The highest BCUT2D eigenvalue weighted by atomic mass is 19.3. The summed E-state index contributed by atoms with van der Waals surface area (Å²) in [5.41, 5.74) is 1.99. The predicted molar refractivity (Wildman–Crippen MR) is 108 cm³/mol. The van der Waals surface area contributed by atoms with E-state index in [2.05, 4.69) is 9.97 Å². The number of rotatable bonds is 3. The molecule has 0 radical (unpaired) electrons. The Morgan fingerprint density at radius 2 is 1.74 bits per heavy atom. The van der Waals surface area contributed by atoms with Crippen molar-refractivity contribution in [3.8, 4) is 0 Å². The number of imidazole rings is 1. The molecule has 3 aromatic rings. The van der Waals surface area contributed by atoms with Gasteiger partial charge in [0.2, 0.25) is 5.91 Å². The maximum absolute atomic E-state index is 15.1. The highest BCUT2D eigenvalue weighted by Gasteiger charge is 2.48. The van der Waals surface area contributed by atoms with Gasteiger partial charge < -0.3 is 14.8 Å². The van der Waals surface area contributed by atoms with Crippen molar-refractivity contribution in [2.45, 2.75) is 31.7 Å². The van der Waals surface area contributed by atoms with Crippen molar-refractivity contribution in [2.24, 2.45) is 5.92 Å². The molecule has 162 valence electrons. The summed E-state index contributed by atoms with van der Waals surface area (Å²) in [6.45, 7) is 1.69. The SMILES string of the molecule is C[C@@H]1C(=O)N(c2ccc3nc[nH]c3c2)C1c1c(F)cc(N2CCC(F)(F)CC2)cc1F. The van der Waals surface area contributed by atoms with Gasteiger partial charge in [-0.25, -0.2) is 22.5 Å². The third-order valence-corrected chi connectivity index (χ3v) is 6.28. The van der Waals surface area contributed by atoms with Crippen LogP contribution in [0.1, 0.15) is 31.4 Å². The minimum Gasteiger partial charge on any atom is -0.371 e. The molecule has 0 bridgehead atoms. The molecule has 1 aromatic heterocycles. The summed E-state index contributed by atoms with van der Waals surface area (Å²) in [5.74, 6) is -5.15. The standard InChI is InChI=1S/C22H20F4N4O/c1-12-20(30(21(12)31)13-2-3-17-18(10-13)28-11-27-17)19-15(23)8-14(9-16(19)24)29-6-4-22(25,26)5-7-29/h2-3,8-12,20H,4-7H2,1H3,(H,27,28)/t12-,20?/m0/s1. The van der Waals surface area contributed by atoms with Gasteiger partial charge in [0.05, 0.1) is 29.3 Å². The van der Waals surface area contributed by atoms with Crippen LogP contribution in [-0.4, -0.2) is 34.9 Å². The molecule has 1 N–H and O–H groups in total. The van der Waals surface area contributed by atoms with Crippen LogP contribution in [0.2, 0.25) is 0 Å². The number of nitrogens with one attached hydrogen (secondary N) is 1. The average molecular weight is 432 g/mol. The van der Waals surface area contributed by atoms with E-state index in [0.717, 1.165) is 5.52 Å². The van der Waals surface area contributed by atoms with Crippen LogP contribution in [-0.2, 0) is 4.79 Å². The summed E-state index contributed by atoms with van der Waals surface area (Å²) in [6.07, 6.45) is 0.826. The lowest BCUT2D eigenvalue weighted by atomic mass is 9.82. The van der Waals surface area contributed by atoms with Crippen LogP contribution in [0.4, 0.5) is 28.9 Å². The fourth-order valence-corrected chi connectivity index (χ4v) is 4.50. The molecule has 2 saturated heterocycles. The topological polar surface area (TPSA) is 52.2 Å². The van der Waals surface area contributed by atoms with Crippen molar-refractivity contribution in [1.82, 2.24) is 9.97 Å². The molecule has 1 amide bonds. The second-order valence-electron chi connectivity index (χ2n) is 8.21. The average Bonchev–Trinajstić information content (AvgIpc) is 3.20. The maximum atomic E-state index is 15.1. The van der Waals surface area contributed by atoms with Gasteiger partial charge in [0, 0.05) is 42.9 Å². The highest BCUT2D eigenvalue weighted by Crippen LogP contribution is 2.46. The molecule has 31 heavy (non-hydrogen) atoms. The van der Waals surface area contributed by atoms with Gasteiger partial charge in [-0.3, -0.25) is 4.79 Å². The van der Waals surface area contributed by atoms with E-state index in [9.17, 15) is 13.6 Å². The first-order chi connectivity index (χ1) is 14.7. The quantitative estimate of drug-likeness (QED) is 0.478. The van der Waals surface area contributed by atoms with E-state index in [4.69, 9.17) is 0 Å². The minimum atomic E-state index is -2.74. The van der Waals surface area contributed by atoms with Crippen molar-refractivity contribution >= 4 is 28.3 Å². The van der Waals surface area contributed by atoms with Gasteiger partial charge in [0.25, 0.3) is 5.92 Å². The van der Waals surface area contributed by atoms with Gasteiger partial charge in [0.1, 0.15) is 11.6 Å². The van der Waals surface area contributed by atoms with Crippen molar-refractivity contribution in [3.63, 3.8) is 0 Å². The monoisotopic (exact) mass is 432 g/mol. The predicted octanol–water partition coefficient (Wildman–Crippen LogP) is 4.80. The Morgan fingerprint density at radius 1 is 1.06 bits per heavy atom. The fourth-order valence-electron chi connectivity index (χ4n) is 4.50. The van der Waals surface area contributed by atoms with Gasteiger partial charge in [-0.15, -0.1) is 0 Å². The van der Waals surface area contributed by atoms with E-state index >= 15 is 8.78 Å². The molecule has 2 fully saturated rings. The van der Waals surface area contributed by atoms with Gasteiger partial charge in [0.15, 0.2) is 0 Å². The zero-order valence-corrected chi connectivity index (χ0v) is 16.7. The number of carbonyl (C=O) groups is 1. The number of halogens is 4. The molecule has 5 nitrogen and oxygen atoms in total. The number of nitrogens with zero attached hydrogens (tertiary/aromatic N) is 3. The lowest BCUT2D eigenvalue weighted by Crippen LogP contribution is -2.54. The van der Waals surface area contributed by atoms with Crippen molar-refractivity contribution in [3.05, 3.63) is 53.9 Å². The number of amides is 1. The number of piperidine rings is 1. The van der Waals surface area contributed by atoms with Crippen molar-refractivity contribution in [2.75, 3.05) is 22.9 Å². The molecule has 9 heteroatoms. The van der Waals surface area contributed by atoms with Crippen LogP contribution in [0.3, 0.4) is 0 Å². The summed E-state index contributed by atoms with van der Waals surface area (Å²) >= 11 is 0. The van der Waals surface area contributed by atoms with Crippen molar-refractivity contribution in [1.29, 1.82) is 0 Å². The summed E-state index contributed by atoms with van der Waals surface area (Å²) in [4.78, 5) is 22.6. The molecular weight excluding hydrogens is 412 g/mol. The molecule has 0 aliphatic carbocycles. The molecule has 2 aliphatic rings. The summed E-state index contributed by atoms with van der Waals surface area (Å²) in [5, 5.41) is 0. The van der Waals surface area contributed by atoms with E-state index in [0.29, 0.717) is 11.2 Å². The number of aromatic amines is 1. The van der Waals surface area contributed by atoms with E-state index in [1.54, 1.807) is 30.0 Å². The highest BCUT2D eigenvalue weighted by molar-refractivity contribution is 6.04. The number of aromatic nitrogens is 2. The molecule has 3 heterocycles. The zero-order chi connectivity index (χ0) is 21.9. The molecule has 2 aromatic carbocycles. The maximum Gasteiger partial charge on any atom is 0.251 e. The largest absolute Gasteiger partial charge is 0.371 e. The molecule has 1 unspecified atom stereocenters.